The predicted octanol–water partition coefficient (Wildman–Crippen LogP) is 2.58. The molecule has 0 spiro atoms. The highest BCUT2D eigenvalue weighted by atomic mass is 32.2. The van der Waals surface area contributed by atoms with Crippen LogP contribution in [0.4, 0.5) is 10.5 Å². The van der Waals surface area contributed by atoms with Gasteiger partial charge < -0.3 is 15.4 Å². The summed E-state index contributed by atoms with van der Waals surface area (Å²) in [6, 6.07) is 4.31. The van der Waals surface area contributed by atoms with Crippen molar-refractivity contribution in [2.24, 2.45) is 5.92 Å². The third-order valence-corrected chi connectivity index (χ3v) is 4.20. The Kier molecular flexibility index (Phi) is 7.51. The smallest absolute Gasteiger partial charge is 0.319 e. The molecule has 130 valence electrons. The third-order valence-electron chi connectivity index (χ3n) is 3.09. The van der Waals surface area contributed by atoms with Crippen LogP contribution < -0.4 is 10.6 Å². The van der Waals surface area contributed by atoms with E-state index in [4.69, 9.17) is 4.74 Å². The van der Waals surface area contributed by atoms with Crippen LogP contribution in [0.2, 0.25) is 0 Å². The average molecular weight is 342 g/mol. The molecule has 0 aromatic heterocycles. The molecule has 0 bridgehead atoms. The Labute approximate surface area is 138 Å². The van der Waals surface area contributed by atoms with Gasteiger partial charge in [0.1, 0.15) is 0 Å². The van der Waals surface area contributed by atoms with Crippen molar-refractivity contribution in [2.45, 2.75) is 32.1 Å². The van der Waals surface area contributed by atoms with Crippen LogP contribution in [0.15, 0.2) is 23.1 Å². The Morgan fingerprint density at radius 1 is 1.30 bits per heavy atom. The van der Waals surface area contributed by atoms with Crippen molar-refractivity contribution in [1.82, 2.24) is 5.32 Å². The lowest BCUT2D eigenvalue weighted by Crippen LogP contribution is -2.30. The van der Waals surface area contributed by atoms with Crippen LogP contribution in [-0.4, -0.2) is 40.5 Å². The summed E-state index contributed by atoms with van der Waals surface area (Å²) in [5.41, 5.74) is 1.29. The van der Waals surface area contributed by atoms with Crippen molar-refractivity contribution in [2.75, 3.05) is 31.3 Å². The number of amides is 2. The molecule has 6 nitrogen and oxygen atoms in total. The number of rotatable bonds is 8. The number of urea groups is 1. The number of hydrogen-bond acceptors (Lipinski definition) is 4. The number of carbonyl (C=O) groups excluding carboxylic acids is 1. The zero-order chi connectivity index (χ0) is 17.5. The van der Waals surface area contributed by atoms with Crippen molar-refractivity contribution < 1.29 is 17.9 Å². The first-order valence-corrected chi connectivity index (χ1v) is 9.52. The Balaban J connectivity index is 2.45. The van der Waals surface area contributed by atoms with Crippen molar-refractivity contribution in [3.8, 4) is 0 Å². The van der Waals surface area contributed by atoms with Gasteiger partial charge in [0.2, 0.25) is 0 Å². The Hall–Kier alpha value is -1.60. The van der Waals surface area contributed by atoms with Gasteiger partial charge in [-0.2, -0.15) is 0 Å². The van der Waals surface area contributed by atoms with E-state index in [-0.39, 0.29) is 10.9 Å². The third kappa shape index (κ3) is 7.47. The maximum Gasteiger partial charge on any atom is 0.319 e. The summed E-state index contributed by atoms with van der Waals surface area (Å²) in [7, 11) is -3.30. The first kappa shape index (κ1) is 19.4. The van der Waals surface area contributed by atoms with Crippen LogP contribution in [0.5, 0.6) is 0 Å². The van der Waals surface area contributed by atoms with Gasteiger partial charge in [0.05, 0.1) is 4.90 Å². The highest BCUT2D eigenvalue weighted by molar-refractivity contribution is 7.90. The van der Waals surface area contributed by atoms with Crippen molar-refractivity contribution >= 4 is 21.6 Å². The standard InChI is InChI=1S/C16H26N2O4S/c1-12(2)11-22-9-5-8-17-16(19)18-15-10-14(23(4,20)21)7-6-13(15)3/h6-7,10,12H,5,8-9,11H2,1-4H3,(H2,17,18,19). The second-order valence-corrected chi connectivity index (χ2v) is 7.97. The molecule has 0 radical (unpaired) electrons. The SMILES string of the molecule is Cc1ccc(S(C)(=O)=O)cc1NC(=O)NCCCOCC(C)C. The summed E-state index contributed by atoms with van der Waals surface area (Å²) in [6.45, 7) is 7.78. The van der Waals surface area contributed by atoms with Gasteiger partial charge in [-0.05, 0) is 37.0 Å². The topological polar surface area (TPSA) is 84.5 Å². The van der Waals surface area contributed by atoms with Gasteiger partial charge >= 0.3 is 6.03 Å². The Bertz CT molecular complexity index is 627. The van der Waals surface area contributed by atoms with Crippen molar-refractivity contribution in [1.29, 1.82) is 0 Å². The van der Waals surface area contributed by atoms with E-state index in [9.17, 15) is 13.2 Å². The van der Waals surface area contributed by atoms with Gasteiger partial charge in [-0.25, -0.2) is 13.2 Å². The van der Waals surface area contributed by atoms with Crippen LogP contribution in [-0.2, 0) is 14.6 Å². The molecule has 0 unspecified atom stereocenters. The van der Waals surface area contributed by atoms with Crippen LogP contribution in [0.25, 0.3) is 0 Å². The number of carbonyl (C=O) groups is 1. The fraction of sp³-hybridized carbons (Fsp3) is 0.562. The maximum atomic E-state index is 11.9. The Morgan fingerprint density at radius 2 is 2.00 bits per heavy atom. The molecule has 0 saturated carbocycles. The summed E-state index contributed by atoms with van der Waals surface area (Å²) in [5, 5.41) is 5.40. The number of hydrogen-bond donors (Lipinski definition) is 2. The van der Waals surface area contributed by atoms with E-state index >= 15 is 0 Å². The lowest BCUT2D eigenvalue weighted by Gasteiger charge is -2.11. The fourth-order valence-electron chi connectivity index (χ4n) is 1.83. The molecule has 0 fully saturated rings. The minimum absolute atomic E-state index is 0.181. The quantitative estimate of drug-likeness (QED) is 0.711. The van der Waals surface area contributed by atoms with Gasteiger partial charge in [0, 0.05) is 31.7 Å². The number of nitrogens with one attached hydrogen (secondary N) is 2. The van der Waals surface area contributed by atoms with E-state index in [0.717, 1.165) is 18.2 Å². The molecule has 23 heavy (non-hydrogen) atoms. The lowest BCUT2D eigenvalue weighted by atomic mass is 10.2. The molecule has 0 aliphatic carbocycles. The predicted molar refractivity (Wildman–Crippen MR) is 91.6 cm³/mol. The van der Waals surface area contributed by atoms with E-state index in [1.807, 2.05) is 0 Å². The van der Waals surface area contributed by atoms with E-state index in [2.05, 4.69) is 24.5 Å². The van der Waals surface area contributed by atoms with Gasteiger partial charge in [-0.15, -0.1) is 0 Å². The lowest BCUT2D eigenvalue weighted by molar-refractivity contribution is 0.108. The first-order valence-electron chi connectivity index (χ1n) is 7.63. The summed E-state index contributed by atoms with van der Waals surface area (Å²) in [6.07, 6.45) is 1.86. The van der Waals surface area contributed by atoms with Crippen LogP contribution in [0.1, 0.15) is 25.8 Å². The van der Waals surface area contributed by atoms with Crippen LogP contribution >= 0.6 is 0 Å². The van der Waals surface area contributed by atoms with E-state index in [1.165, 1.54) is 12.1 Å². The summed E-state index contributed by atoms with van der Waals surface area (Å²) in [5.74, 6) is 0.497. The summed E-state index contributed by atoms with van der Waals surface area (Å²) >= 11 is 0. The van der Waals surface area contributed by atoms with Gasteiger partial charge in [-0.3, -0.25) is 0 Å². The second-order valence-electron chi connectivity index (χ2n) is 5.95. The molecule has 0 heterocycles. The molecule has 0 aliphatic heterocycles. The molecule has 0 atom stereocenters. The molecule has 1 aromatic rings. The second kappa shape index (κ2) is 8.88. The molecule has 2 amide bonds. The molecule has 7 heteroatoms. The molecular weight excluding hydrogens is 316 g/mol. The minimum Gasteiger partial charge on any atom is -0.381 e. The van der Waals surface area contributed by atoms with E-state index < -0.39 is 9.84 Å². The highest BCUT2D eigenvalue weighted by Crippen LogP contribution is 2.20. The molecule has 0 aliphatic rings. The van der Waals surface area contributed by atoms with E-state index in [0.29, 0.717) is 31.4 Å². The number of anilines is 1. The largest absolute Gasteiger partial charge is 0.381 e. The fourth-order valence-corrected chi connectivity index (χ4v) is 2.48. The van der Waals surface area contributed by atoms with Crippen LogP contribution in [0, 0.1) is 12.8 Å². The normalized spacial score (nSPS) is 11.5. The highest BCUT2D eigenvalue weighted by Gasteiger charge is 2.11. The van der Waals surface area contributed by atoms with Gasteiger partial charge in [0.25, 0.3) is 0 Å². The van der Waals surface area contributed by atoms with Crippen molar-refractivity contribution in [3.63, 3.8) is 0 Å². The first-order chi connectivity index (χ1) is 10.7. The van der Waals surface area contributed by atoms with Gasteiger partial charge in [0.15, 0.2) is 9.84 Å². The molecule has 2 N–H and O–H groups in total. The zero-order valence-corrected chi connectivity index (χ0v) is 15.0. The molecule has 0 saturated heterocycles. The zero-order valence-electron chi connectivity index (χ0n) is 14.2. The number of sulfone groups is 1. The average Bonchev–Trinajstić information content (AvgIpc) is 2.43. The van der Waals surface area contributed by atoms with Gasteiger partial charge in [-0.1, -0.05) is 19.9 Å². The minimum atomic E-state index is -3.30. The maximum absolute atomic E-state index is 11.9. The number of ether oxygens (including phenoxy) is 1. The Morgan fingerprint density at radius 3 is 2.61 bits per heavy atom. The number of aryl methyl sites for hydroxylation is 1. The number of benzene rings is 1. The van der Waals surface area contributed by atoms with Crippen LogP contribution in [0.3, 0.4) is 0 Å². The molecule has 1 rings (SSSR count). The molecular formula is C16H26N2O4S. The monoisotopic (exact) mass is 342 g/mol. The summed E-state index contributed by atoms with van der Waals surface area (Å²) in [4.78, 5) is 12.0. The van der Waals surface area contributed by atoms with E-state index in [1.54, 1.807) is 13.0 Å². The summed E-state index contributed by atoms with van der Waals surface area (Å²) < 4.78 is 28.5. The van der Waals surface area contributed by atoms with Crippen molar-refractivity contribution in [3.05, 3.63) is 23.8 Å². The molecule has 1 aromatic carbocycles.